The molecule has 120 valence electrons. The standard InChI is InChI=1S/C18H21N3O2/c1-2-9-20-14(4-1)13-21-10-11-22-18-16(21)6-7-17(18)23-15-5-3-8-19-12-15/h1-5,8-9,12,16-18H,6-7,10-11,13H2/t16-,17-,18+/m1/s1. The number of rotatable bonds is 4. The summed E-state index contributed by atoms with van der Waals surface area (Å²) in [7, 11) is 0. The summed E-state index contributed by atoms with van der Waals surface area (Å²) in [5.41, 5.74) is 1.12. The van der Waals surface area contributed by atoms with Gasteiger partial charge in [-0.1, -0.05) is 6.07 Å². The average Bonchev–Trinajstić information content (AvgIpc) is 3.01. The highest BCUT2D eigenvalue weighted by Gasteiger charge is 2.44. The molecule has 2 fully saturated rings. The van der Waals surface area contributed by atoms with Crippen LogP contribution in [0, 0.1) is 0 Å². The monoisotopic (exact) mass is 311 g/mol. The fourth-order valence-corrected chi connectivity index (χ4v) is 3.61. The third-order valence-electron chi connectivity index (χ3n) is 4.66. The molecule has 0 radical (unpaired) electrons. The Balaban J connectivity index is 1.44. The summed E-state index contributed by atoms with van der Waals surface area (Å²) in [4.78, 5) is 11.1. The van der Waals surface area contributed by atoms with E-state index in [-0.39, 0.29) is 12.2 Å². The Morgan fingerprint density at radius 3 is 3.00 bits per heavy atom. The molecule has 1 saturated carbocycles. The number of fused-ring (bicyclic) bond motifs is 1. The minimum Gasteiger partial charge on any atom is -0.486 e. The highest BCUT2D eigenvalue weighted by molar-refractivity contribution is 5.17. The van der Waals surface area contributed by atoms with Crippen molar-refractivity contribution in [3.63, 3.8) is 0 Å². The predicted octanol–water partition coefficient (Wildman–Crippen LogP) is 2.29. The van der Waals surface area contributed by atoms with Crippen LogP contribution in [-0.4, -0.2) is 46.3 Å². The van der Waals surface area contributed by atoms with Gasteiger partial charge in [0.05, 0.1) is 18.5 Å². The van der Waals surface area contributed by atoms with Crippen LogP contribution >= 0.6 is 0 Å². The van der Waals surface area contributed by atoms with Gasteiger partial charge in [0.15, 0.2) is 0 Å². The Kier molecular flexibility index (Phi) is 4.22. The molecule has 4 rings (SSSR count). The van der Waals surface area contributed by atoms with E-state index in [1.54, 1.807) is 12.4 Å². The van der Waals surface area contributed by atoms with Crippen LogP contribution < -0.4 is 4.74 Å². The van der Waals surface area contributed by atoms with E-state index >= 15 is 0 Å². The van der Waals surface area contributed by atoms with E-state index in [4.69, 9.17) is 9.47 Å². The molecule has 0 bridgehead atoms. The van der Waals surface area contributed by atoms with Crippen LogP contribution in [0.3, 0.4) is 0 Å². The summed E-state index contributed by atoms with van der Waals surface area (Å²) >= 11 is 0. The number of morpholine rings is 1. The molecule has 1 aliphatic carbocycles. The van der Waals surface area contributed by atoms with Crippen LogP contribution in [0.4, 0.5) is 0 Å². The first-order chi connectivity index (χ1) is 11.4. The van der Waals surface area contributed by atoms with Gasteiger partial charge in [-0.05, 0) is 37.1 Å². The molecule has 0 amide bonds. The van der Waals surface area contributed by atoms with Crippen LogP contribution in [0.15, 0.2) is 48.9 Å². The predicted molar refractivity (Wildman–Crippen MR) is 86.1 cm³/mol. The molecule has 0 spiro atoms. The largest absolute Gasteiger partial charge is 0.486 e. The molecule has 1 saturated heterocycles. The highest BCUT2D eigenvalue weighted by Crippen LogP contribution is 2.33. The maximum Gasteiger partial charge on any atom is 0.138 e. The van der Waals surface area contributed by atoms with Crippen molar-refractivity contribution in [1.82, 2.24) is 14.9 Å². The lowest BCUT2D eigenvalue weighted by atomic mass is 10.1. The third kappa shape index (κ3) is 3.21. The second kappa shape index (κ2) is 6.64. The average molecular weight is 311 g/mol. The van der Waals surface area contributed by atoms with E-state index in [0.717, 1.165) is 44.0 Å². The summed E-state index contributed by atoms with van der Waals surface area (Å²) in [5.74, 6) is 0.823. The first-order valence-electron chi connectivity index (χ1n) is 8.22. The van der Waals surface area contributed by atoms with Gasteiger partial charge in [0.1, 0.15) is 18.0 Å². The normalized spacial score (nSPS) is 27.6. The minimum absolute atomic E-state index is 0.107. The van der Waals surface area contributed by atoms with Crippen LogP contribution in [-0.2, 0) is 11.3 Å². The van der Waals surface area contributed by atoms with E-state index in [1.807, 2.05) is 30.5 Å². The van der Waals surface area contributed by atoms with Gasteiger partial charge in [-0.15, -0.1) is 0 Å². The van der Waals surface area contributed by atoms with E-state index in [2.05, 4.69) is 20.9 Å². The molecule has 2 aromatic rings. The van der Waals surface area contributed by atoms with Crippen molar-refractivity contribution in [2.24, 2.45) is 0 Å². The maximum absolute atomic E-state index is 6.11. The lowest BCUT2D eigenvalue weighted by Gasteiger charge is -2.38. The fourth-order valence-electron chi connectivity index (χ4n) is 3.61. The van der Waals surface area contributed by atoms with E-state index in [1.165, 1.54) is 0 Å². The van der Waals surface area contributed by atoms with E-state index in [9.17, 15) is 0 Å². The van der Waals surface area contributed by atoms with Gasteiger partial charge in [-0.2, -0.15) is 0 Å². The van der Waals surface area contributed by atoms with Crippen molar-refractivity contribution in [3.8, 4) is 5.75 Å². The summed E-state index contributed by atoms with van der Waals surface area (Å²) < 4.78 is 12.2. The molecule has 0 N–H and O–H groups in total. The molecule has 2 aromatic heterocycles. The van der Waals surface area contributed by atoms with Gasteiger partial charge in [0.25, 0.3) is 0 Å². The topological polar surface area (TPSA) is 47.5 Å². The number of pyridine rings is 2. The van der Waals surface area contributed by atoms with Crippen molar-refractivity contribution in [3.05, 3.63) is 54.6 Å². The lowest BCUT2D eigenvalue weighted by molar-refractivity contribution is -0.0919. The molecule has 5 heteroatoms. The minimum atomic E-state index is 0.107. The zero-order chi connectivity index (χ0) is 15.5. The Bertz CT molecular complexity index is 623. The molecule has 3 atom stereocenters. The van der Waals surface area contributed by atoms with Gasteiger partial charge in [-0.3, -0.25) is 14.9 Å². The number of aromatic nitrogens is 2. The van der Waals surface area contributed by atoms with Crippen molar-refractivity contribution in [2.75, 3.05) is 13.2 Å². The quantitative estimate of drug-likeness (QED) is 0.867. The zero-order valence-corrected chi connectivity index (χ0v) is 13.0. The molecule has 1 aliphatic heterocycles. The van der Waals surface area contributed by atoms with Crippen LogP contribution in [0.2, 0.25) is 0 Å². The molecule has 23 heavy (non-hydrogen) atoms. The van der Waals surface area contributed by atoms with Crippen molar-refractivity contribution in [1.29, 1.82) is 0 Å². The molecule has 5 nitrogen and oxygen atoms in total. The number of nitrogens with zero attached hydrogens (tertiary/aromatic N) is 3. The second-order valence-corrected chi connectivity index (χ2v) is 6.12. The smallest absolute Gasteiger partial charge is 0.138 e. The SMILES string of the molecule is c1ccc(CN2CCO[C@H]3[C@H]2CC[C@H]3Oc2cccnc2)nc1. The van der Waals surface area contributed by atoms with Gasteiger partial charge in [0.2, 0.25) is 0 Å². The Morgan fingerprint density at radius 1 is 1.17 bits per heavy atom. The second-order valence-electron chi connectivity index (χ2n) is 6.12. The highest BCUT2D eigenvalue weighted by atomic mass is 16.5. The molecular formula is C18H21N3O2. The van der Waals surface area contributed by atoms with Crippen LogP contribution in [0.1, 0.15) is 18.5 Å². The van der Waals surface area contributed by atoms with Crippen molar-refractivity contribution >= 4 is 0 Å². The number of hydrogen-bond donors (Lipinski definition) is 0. The van der Waals surface area contributed by atoms with Gasteiger partial charge in [-0.25, -0.2) is 0 Å². The number of ether oxygens (including phenoxy) is 2. The maximum atomic E-state index is 6.11. The first-order valence-corrected chi connectivity index (χ1v) is 8.22. The first kappa shape index (κ1) is 14.6. The molecule has 0 unspecified atom stereocenters. The van der Waals surface area contributed by atoms with Crippen molar-refractivity contribution in [2.45, 2.75) is 37.6 Å². The van der Waals surface area contributed by atoms with Gasteiger partial charge < -0.3 is 9.47 Å². The Morgan fingerprint density at radius 2 is 2.17 bits per heavy atom. The molecule has 0 aromatic carbocycles. The third-order valence-corrected chi connectivity index (χ3v) is 4.66. The molecule has 2 aliphatic rings. The summed E-state index contributed by atoms with van der Waals surface area (Å²) in [5, 5.41) is 0. The summed E-state index contributed by atoms with van der Waals surface area (Å²) in [6.07, 6.45) is 7.74. The Hall–Kier alpha value is -1.98. The number of hydrogen-bond acceptors (Lipinski definition) is 5. The van der Waals surface area contributed by atoms with Crippen LogP contribution in [0.5, 0.6) is 5.75 Å². The van der Waals surface area contributed by atoms with Crippen molar-refractivity contribution < 1.29 is 9.47 Å². The van der Waals surface area contributed by atoms with Gasteiger partial charge in [0, 0.05) is 31.5 Å². The van der Waals surface area contributed by atoms with E-state index < -0.39 is 0 Å². The van der Waals surface area contributed by atoms with Gasteiger partial charge >= 0.3 is 0 Å². The summed E-state index contributed by atoms with van der Waals surface area (Å²) in [6, 6.07) is 10.4. The van der Waals surface area contributed by atoms with E-state index in [0.29, 0.717) is 6.04 Å². The Labute approximate surface area is 136 Å². The lowest BCUT2D eigenvalue weighted by Crippen LogP contribution is -2.51. The van der Waals surface area contributed by atoms with Crippen LogP contribution in [0.25, 0.3) is 0 Å². The fraction of sp³-hybridized carbons (Fsp3) is 0.444. The summed E-state index contributed by atoms with van der Waals surface area (Å²) in [6.45, 7) is 2.59. The molecular weight excluding hydrogens is 290 g/mol. The molecule has 3 heterocycles. The zero-order valence-electron chi connectivity index (χ0n) is 13.0.